The molecule has 0 unspecified atom stereocenters. The molecule has 2 aromatic rings. The maximum absolute atomic E-state index is 11.9. The second-order valence-electron chi connectivity index (χ2n) is 5.38. The third kappa shape index (κ3) is 5.42. The van der Waals surface area contributed by atoms with Gasteiger partial charge in [-0.25, -0.2) is 9.78 Å². The first-order valence-corrected chi connectivity index (χ1v) is 9.01. The number of benzene rings is 1. The van der Waals surface area contributed by atoms with E-state index in [-0.39, 0.29) is 6.03 Å². The SMILES string of the molecule is CCCCCNC(=O)Nc1ccc(Oc2cnc(N)s2)c(CC)c1. The lowest BCUT2D eigenvalue weighted by atomic mass is 10.1. The van der Waals surface area contributed by atoms with Gasteiger partial charge in [-0.3, -0.25) is 0 Å². The van der Waals surface area contributed by atoms with Crippen molar-refractivity contribution in [3.63, 3.8) is 0 Å². The zero-order chi connectivity index (χ0) is 17.4. The Labute approximate surface area is 146 Å². The first-order chi connectivity index (χ1) is 11.6. The molecule has 0 bridgehead atoms. The summed E-state index contributed by atoms with van der Waals surface area (Å²) in [7, 11) is 0. The summed E-state index contributed by atoms with van der Waals surface area (Å²) in [6.45, 7) is 4.86. The van der Waals surface area contributed by atoms with Crippen molar-refractivity contribution in [2.45, 2.75) is 39.5 Å². The number of hydrogen-bond acceptors (Lipinski definition) is 5. The summed E-state index contributed by atoms with van der Waals surface area (Å²) in [5, 5.41) is 6.84. The number of nitrogens with one attached hydrogen (secondary N) is 2. The largest absolute Gasteiger partial charge is 0.445 e. The van der Waals surface area contributed by atoms with Gasteiger partial charge in [-0.1, -0.05) is 38.0 Å². The summed E-state index contributed by atoms with van der Waals surface area (Å²) in [5.74, 6) is 0.745. The molecule has 0 aliphatic carbocycles. The molecular formula is C17H24N4O2S. The third-order valence-electron chi connectivity index (χ3n) is 3.48. The highest BCUT2D eigenvalue weighted by Crippen LogP contribution is 2.32. The van der Waals surface area contributed by atoms with Gasteiger partial charge in [0, 0.05) is 12.2 Å². The molecule has 0 aliphatic heterocycles. The lowest BCUT2D eigenvalue weighted by Crippen LogP contribution is -2.29. The Morgan fingerprint density at radius 2 is 2.17 bits per heavy atom. The van der Waals surface area contributed by atoms with Crippen LogP contribution in [0.3, 0.4) is 0 Å². The highest BCUT2D eigenvalue weighted by molar-refractivity contribution is 7.17. The molecule has 0 saturated heterocycles. The molecule has 0 saturated carbocycles. The minimum atomic E-state index is -0.183. The van der Waals surface area contributed by atoms with Gasteiger partial charge in [0.1, 0.15) is 5.75 Å². The number of amides is 2. The van der Waals surface area contributed by atoms with Crippen molar-refractivity contribution in [3.8, 4) is 10.8 Å². The van der Waals surface area contributed by atoms with Crippen molar-refractivity contribution in [3.05, 3.63) is 30.0 Å². The summed E-state index contributed by atoms with van der Waals surface area (Å²) in [4.78, 5) is 15.9. The first kappa shape index (κ1) is 18.1. The molecule has 4 N–H and O–H groups in total. The van der Waals surface area contributed by atoms with Gasteiger partial charge in [-0.2, -0.15) is 0 Å². The number of aryl methyl sites for hydroxylation is 1. The minimum absolute atomic E-state index is 0.183. The fourth-order valence-corrected chi connectivity index (χ4v) is 2.76. The van der Waals surface area contributed by atoms with Crippen LogP contribution >= 0.6 is 11.3 Å². The number of aromatic nitrogens is 1. The number of nitrogen functional groups attached to an aromatic ring is 1. The van der Waals surface area contributed by atoms with Gasteiger partial charge < -0.3 is 21.1 Å². The van der Waals surface area contributed by atoms with Crippen LogP contribution in [-0.2, 0) is 6.42 Å². The van der Waals surface area contributed by atoms with Crippen LogP contribution in [-0.4, -0.2) is 17.6 Å². The molecule has 0 atom stereocenters. The van der Waals surface area contributed by atoms with E-state index in [4.69, 9.17) is 10.5 Å². The minimum Gasteiger partial charge on any atom is -0.445 e. The standard InChI is InChI=1S/C17H24N4O2S/c1-3-5-6-9-19-17(22)21-13-7-8-14(12(4-2)10-13)23-15-11-20-16(18)24-15/h7-8,10-11H,3-6,9H2,1-2H3,(H2,18,20)(H2,19,21,22). The quantitative estimate of drug-likeness (QED) is 0.617. The van der Waals surface area contributed by atoms with Crippen molar-refractivity contribution in [1.29, 1.82) is 0 Å². The third-order valence-corrected chi connectivity index (χ3v) is 4.18. The molecule has 2 rings (SSSR count). The lowest BCUT2D eigenvalue weighted by molar-refractivity contribution is 0.252. The molecule has 6 nitrogen and oxygen atoms in total. The molecule has 2 amide bonds. The molecular weight excluding hydrogens is 324 g/mol. The number of rotatable bonds is 8. The van der Waals surface area contributed by atoms with Crippen LogP contribution in [0.25, 0.3) is 0 Å². The second kappa shape index (κ2) is 9.12. The fourth-order valence-electron chi connectivity index (χ4n) is 2.21. The maximum Gasteiger partial charge on any atom is 0.319 e. The Morgan fingerprint density at radius 3 is 2.83 bits per heavy atom. The number of unbranched alkanes of at least 4 members (excludes halogenated alkanes) is 2. The van der Waals surface area contributed by atoms with Crippen molar-refractivity contribution in [2.24, 2.45) is 0 Å². The van der Waals surface area contributed by atoms with E-state index in [1.807, 2.05) is 25.1 Å². The number of carbonyl (C=O) groups excluding carboxylic acids is 1. The smallest absolute Gasteiger partial charge is 0.319 e. The molecule has 24 heavy (non-hydrogen) atoms. The van der Waals surface area contributed by atoms with Gasteiger partial charge in [-0.05, 0) is 36.6 Å². The molecule has 1 heterocycles. The molecule has 0 spiro atoms. The van der Waals surface area contributed by atoms with Crippen LogP contribution in [0.2, 0.25) is 0 Å². The molecule has 0 aliphatic rings. The molecule has 1 aromatic carbocycles. The number of urea groups is 1. The van der Waals surface area contributed by atoms with E-state index in [9.17, 15) is 4.79 Å². The van der Waals surface area contributed by atoms with Crippen LogP contribution in [0.5, 0.6) is 10.8 Å². The van der Waals surface area contributed by atoms with Crippen LogP contribution in [0.15, 0.2) is 24.4 Å². The normalized spacial score (nSPS) is 10.4. The van der Waals surface area contributed by atoms with Gasteiger partial charge in [0.2, 0.25) is 5.06 Å². The van der Waals surface area contributed by atoms with E-state index in [1.54, 1.807) is 6.20 Å². The van der Waals surface area contributed by atoms with E-state index in [0.717, 1.165) is 42.7 Å². The molecule has 0 radical (unpaired) electrons. The van der Waals surface area contributed by atoms with Crippen LogP contribution < -0.4 is 21.1 Å². The molecule has 1 aromatic heterocycles. The summed E-state index contributed by atoms with van der Waals surface area (Å²) in [5.41, 5.74) is 7.37. The lowest BCUT2D eigenvalue weighted by Gasteiger charge is -2.12. The average Bonchev–Trinajstić information content (AvgIpc) is 2.98. The van der Waals surface area contributed by atoms with E-state index in [1.165, 1.54) is 11.3 Å². The predicted octanol–water partition coefficient (Wildman–Crippen LogP) is 4.39. The Morgan fingerprint density at radius 1 is 1.33 bits per heavy atom. The van der Waals surface area contributed by atoms with Gasteiger partial charge in [0.25, 0.3) is 0 Å². The number of carbonyl (C=O) groups is 1. The van der Waals surface area contributed by atoms with Gasteiger partial charge >= 0.3 is 6.03 Å². The number of hydrogen-bond donors (Lipinski definition) is 3. The number of nitrogens with two attached hydrogens (primary N) is 1. The van der Waals surface area contributed by atoms with E-state index < -0.39 is 0 Å². The number of thiazole rings is 1. The zero-order valence-corrected chi connectivity index (χ0v) is 14.9. The molecule has 0 fully saturated rings. The number of nitrogens with zero attached hydrogens (tertiary/aromatic N) is 1. The monoisotopic (exact) mass is 348 g/mol. The highest BCUT2D eigenvalue weighted by atomic mass is 32.1. The summed E-state index contributed by atoms with van der Waals surface area (Å²) >= 11 is 1.29. The van der Waals surface area contributed by atoms with E-state index in [2.05, 4.69) is 22.5 Å². The van der Waals surface area contributed by atoms with Gasteiger partial charge in [0.15, 0.2) is 5.13 Å². The topological polar surface area (TPSA) is 89.3 Å². The fraction of sp³-hybridized carbons (Fsp3) is 0.412. The summed E-state index contributed by atoms with van der Waals surface area (Å²) in [6.07, 6.45) is 5.64. The van der Waals surface area contributed by atoms with Crippen molar-refractivity contribution < 1.29 is 9.53 Å². The number of ether oxygens (including phenoxy) is 1. The van der Waals surface area contributed by atoms with Crippen molar-refractivity contribution in [2.75, 3.05) is 17.6 Å². The molecule has 130 valence electrons. The summed E-state index contributed by atoms with van der Waals surface area (Å²) < 4.78 is 5.82. The Bertz CT molecular complexity index is 672. The molecule has 7 heteroatoms. The second-order valence-corrected chi connectivity index (χ2v) is 6.41. The van der Waals surface area contributed by atoms with Gasteiger partial charge in [0.05, 0.1) is 6.20 Å². The summed E-state index contributed by atoms with van der Waals surface area (Å²) in [6, 6.07) is 5.41. The Kier molecular flexibility index (Phi) is 6.87. The Balaban J connectivity index is 1.96. The first-order valence-electron chi connectivity index (χ1n) is 8.19. The van der Waals surface area contributed by atoms with Crippen LogP contribution in [0, 0.1) is 0 Å². The van der Waals surface area contributed by atoms with Crippen LogP contribution in [0.1, 0.15) is 38.7 Å². The van der Waals surface area contributed by atoms with E-state index >= 15 is 0 Å². The van der Waals surface area contributed by atoms with E-state index in [0.29, 0.717) is 16.7 Å². The predicted molar refractivity (Wildman–Crippen MR) is 99.0 cm³/mol. The van der Waals surface area contributed by atoms with Crippen LogP contribution in [0.4, 0.5) is 15.6 Å². The van der Waals surface area contributed by atoms with Gasteiger partial charge in [-0.15, -0.1) is 0 Å². The van der Waals surface area contributed by atoms with Crippen molar-refractivity contribution >= 4 is 28.2 Å². The Hall–Kier alpha value is -2.28. The zero-order valence-electron chi connectivity index (χ0n) is 14.1. The highest BCUT2D eigenvalue weighted by Gasteiger charge is 2.09. The maximum atomic E-state index is 11.9. The average molecular weight is 348 g/mol. The number of anilines is 2. The van der Waals surface area contributed by atoms with Crippen molar-refractivity contribution in [1.82, 2.24) is 10.3 Å².